The van der Waals surface area contributed by atoms with E-state index in [2.05, 4.69) is 5.32 Å². The van der Waals surface area contributed by atoms with Gasteiger partial charge in [0.2, 0.25) is 0 Å². The molecule has 0 fully saturated rings. The number of nitrogens with one attached hydrogen (secondary N) is 1. The zero-order valence-corrected chi connectivity index (χ0v) is 16.2. The summed E-state index contributed by atoms with van der Waals surface area (Å²) in [6.07, 6.45) is 0.504. The maximum Gasteiger partial charge on any atom is 0.416 e. The lowest BCUT2D eigenvalue weighted by Crippen LogP contribution is -2.09. The van der Waals surface area contributed by atoms with Gasteiger partial charge < -0.3 is 5.32 Å². The minimum atomic E-state index is -4.39. The third-order valence-corrected chi connectivity index (χ3v) is 5.71. The van der Waals surface area contributed by atoms with Crippen molar-refractivity contribution in [2.75, 3.05) is 18.1 Å². The molecule has 2 heterocycles. The normalized spacial score (nSPS) is 14.3. The van der Waals surface area contributed by atoms with Crippen LogP contribution in [-0.4, -0.2) is 22.6 Å². The van der Waals surface area contributed by atoms with E-state index in [-0.39, 0.29) is 0 Å². The minimum absolute atomic E-state index is 0.411. The first kappa shape index (κ1) is 18.9. The van der Waals surface area contributed by atoms with E-state index in [1.807, 2.05) is 30.5 Å². The fraction of sp³-hybridized carbons (Fsp3) is 0.286. The molecule has 3 nitrogen and oxygen atoms in total. The number of alkyl halides is 3. The topological polar surface area (TPSA) is 29.9 Å². The lowest BCUT2D eigenvalue weighted by molar-refractivity contribution is -0.137. The van der Waals surface area contributed by atoms with E-state index in [0.29, 0.717) is 5.69 Å². The molecule has 0 unspecified atom stereocenters. The zero-order valence-electron chi connectivity index (χ0n) is 15.4. The zero-order chi connectivity index (χ0) is 19.7. The third-order valence-electron chi connectivity index (χ3n) is 4.91. The molecule has 0 saturated heterocycles. The Labute approximate surface area is 166 Å². The molecule has 2 aromatic carbocycles. The van der Waals surface area contributed by atoms with Crippen molar-refractivity contribution >= 4 is 17.6 Å². The monoisotopic (exact) mass is 403 g/mol. The maximum absolute atomic E-state index is 13.2. The van der Waals surface area contributed by atoms with Gasteiger partial charge in [-0.1, -0.05) is 24.3 Å². The van der Waals surface area contributed by atoms with Gasteiger partial charge in [-0.15, -0.1) is 11.8 Å². The average molecular weight is 403 g/mol. The smallest absolute Gasteiger partial charge is 0.370 e. The Kier molecular flexibility index (Phi) is 5.10. The highest BCUT2D eigenvalue weighted by atomic mass is 32.2. The first-order chi connectivity index (χ1) is 13.5. The van der Waals surface area contributed by atoms with Crippen molar-refractivity contribution in [1.29, 1.82) is 0 Å². The SMILES string of the molecule is CSc1ccccc1-c1nn(-c2cccc(C(F)(F)F)c2)c2c1CCCCN2. The molecule has 146 valence electrons. The summed E-state index contributed by atoms with van der Waals surface area (Å²) >= 11 is 1.64. The van der Waals surface area contributed by atoms with Crippen molar-refractivity contribution in [2.24, 2.45) is 0 Å². The Morgan fingerprint density at radius 1 is 1.07 bits per heavy atom. The fourth-order valence-electron chi connectivity index (χ4n) is 3.56. The number of anilines is 1. The molecule has 0 spiro atoms. The summed E-state index contributed by atoms with van der Waals surface area (Å²) in [7, 11) is 0. The van der Waals surface area contributed by atoms with Crippen molar-refractivity contribution in [3.8, 4) is 16.9 Å². The van der Waals surface area contributed by atoms with Gasteiger partial charge in [-0.3, -0.25) is 0 Å². The summed E-state index contributed by atoms with van der Waals surface area (Å²) < 4.78 is 41.3. The molecule has 0 atom stereocenters. The van der Waals surface area contributed by atoms with E-state index < -0.39 is 11.7 Å². The molecular formula is C21H20F3N3S. The number of nitrogens with zero attached hydrogens (tertiary/aromatic N) is 2. The van der Waals surface area contributed by atoms with Crippen LogP contribution in [0.2, 0.25) is 0 Å². The van der Waals surface area contributed by atoms with Crippen LogP contribution >= 0.6 is 11.8 Å². The molecule has 0 radical (unpaired) electrons. The lowest BCUT2D eigenvalue weighted by atomic mass is 10.0. The molecule has 0 bridgehead atoms. The number of aromatic nitrogens is 2. The van der Waals surface area contributed by atoms with Crippen molar-refractivity contribution in [3.63, 3.8) is 0 Å². The Morgan fingerprint density at radius 3 is 2.68 bits per heavy atom. The quantitative estimate of drug-likeness (QED) is 0.542. The van der Waals surface area contributed by atoms with Crippen LogP contribution in [0, 0.1) is 0 Å². The molecule has 0 amide bonds. The Bertz CT molecular complexity index is 995. The van der Waals surface area contributed by atoms with Crippen LogP contribution < -0.4 is 5.32 Å². The predicted molar refractivity (Wildman–Crippen MR) is 107 cm³/mol. The minimum Gasteiger partial charge on any atom is -0.370 e. The molecule has 3 aromatic rings. The Balaban J connectivity index is 1.91. The molecule has 0 aliphatic carbocycles. The number of hydrogen-bond donors (Lipinski definition) is 1. The van der Waals surface area contributed by atoms with E-state index in [0.717, 1.165) is 65.5 Å². The maximum atomic E-state index is 13.2. The van der Waals surface area contributed by atoms with Crippen LogP contribution in [0.25, 0.3) is 16.9 Å². The molecule has 1 aliphatic rings. The van der Waals surface area contributed by atoms with Crippen molar-refractivity contribution < 1.29 is 13.2 Å². The van der Waals surface area contributed by atoms with E-state index in [9.17, 15) is 13.2 Å². The van der Waals surface area contributed by atoms with Gasteiger partial charge in [-0.2, -0.15) is 18.3 Å². The van der Waals surface area contributed by atoms with E-state index in [4.69, 9.17) is 5.10 Å². The summed E-state index contributed by atoms with van der Waals surface area (Å²) in [5.74, 6) is 0.794. The van der Waals surface area contributed by atoms with Crippen molar-refractivity contribution in [1.82, 2.24) is 9.78 Å². The number of halogens is 3. The van der Waals surface area contributed by atoms with Crippen LogP contribution in [0.3, 0.4) is 0 Å². The molecule has 1 aliphatic heterocycles. The van der Waals surface area contributed by atoms with Gasteiger partial charge in [0.15, 0.2) is 0 Å². The second kappa shape index (κ2) is 7.54. The summed E-state index contributed by atoms with van der Waals surface area (Å²) in [5.41, 5.74) is 2.66. The average Bonchev–Trinajstić information content (AvgIpc) is 2.88. The van der Waals surface area contributed by atoms with Gasteiger partial charge in [-0.25, -0.2) is 4.68 Å². The Morgan fingerprint density at radius 2 is 1.89 bits per heavy atom. The van der Waals surface area contributed by atoms with Crippen LogP contribution in [-0.2, 0) is 12.6 Å². The van der Waals surface area contributed by atoms with Gasteiger partial charge in [0, 0.05) is 22.6 Å². The molecule has 0 saturated carbocycles. The van der Waals surface area contributed by atoms with Crippen LogP contribution in [0.5, 0.6) is 0 Å². The highest BCUT2D eigenvalue weighted by Crippen LogP contribution is 2.38. The molecule has 28 heavy (non-hydrogen) atoms. The second-order valence-electron chi connectivity index (χ2n) is 6.72. The van der Waals surface area contributed by atoms with Gasteiger partial charge in [0.05, 0.1) is 16.9 Å². The summed E-state index contributed by atoms with van der Waals surface area (Å²) in [5, 5.41) is 8.17. The summed E-state index contributed by atoms with van der Waals surface area (Å²) in [6, 6.07) is 13.4. The van der Waals surface area contributed by atoms with Crippen LogP contribution in [0.4, 0.5) is 19.0 Å². The molecular weight excluding hydrogens is 383 g/mol. The van der Waals surface area contributed by atoms with Gasteiger partial charge >= 0.3 is 6.18 Å². The van der Waals surface area contributed by atoms with Crippen LogP contribution in [0.1, 0.15) is 24.0 Å². The molecule has 1 N–H and O–H groups in total. The van der Waals surface area contributed by atoms with Crippen LogP contribution in [0.15, 0.2) is 53.4 Å². The number of benzene rings is 2. The van der Waals surface area contributed by atoms with E-state index in [1.54, 1.807) is 22.5 Å². The molecule has 7 heteroatoms. The Hall–Kier alpha value is -2.41. The first-order valence-electron chi connectivity index (χ1n) is 9.16. The van der Waals surface area contributed by atoms with Gasteiger partial charge in [0.1, 0.15) is 5.82 Å². The van der Waals surface area contributed by atoms with Crippen molar-refractivity contribution in [2.45, 2.75) is 30.3 Å². The largest absolute Gasteiger partial charge is 0.416 e. The highest BCUT2D eigenvalue weighted by molar-refractivity contribution is 7.98. The summed E-state index contributed by atoms with van der Waals surface area (Å²) in [4.78, 5) is 1.10. The lowest BCUT2D eigenvalue weighted by Gasteiger charge is -2.12. The standard InChI is InChI=1S/C21H20F3N3S/c1-28-18-11-3-2-9-16(18)19-17-10-4-5-12-25-20(17)27(26-19)15-8-6-7-14(13-15)21(22,23)24/h2-3,6-9,11,13,25H,4-5,10,12H2,1H3. The van der Waals surface area contributed by atoms with Crippen molar-refractivity contribution in [3.05, 3.63) is 59.7 Å². The second-order valence-corrected chi connectivity index (χ2v) is 7.57. The predicted octanol–water partition coefficient (Wildman–Crippen LogP) is 6.03. The molecule has 4 rings (SSSR count). The number of fused-ring (bicyclic) bond motifs is 1. The fourth-order valence-corrected chi connectivity index (χ4v) is 4.16. The van der Waals surface area contributed by atoms with Gasteiger partial charge in [-0.05, 0) is 49.8 Å². The van der Waals surface area contributed by atoms with E-state index in [1.165, 1.54) is 6.07 Å². The first-order valence-corrected chi connectivity index (χ1v) is 10.4. The summed E-state index contributed by atoms with van der Waals surface area (Å²) in [6.45, 7) is 0.779. The highest BCUT2D eigenvalue weighted by Gasteiger charge is 2.31. The third kappa shape index (κ3) is 3.51. The number of rotatable bonds is 3. The van der Waals surface area contributed by atoms with Gasteiger partial charge in [0.25, 0.3) is 0 Å². The van der Waals surface area contributed by atoms with E-state index >= 15 is 0 Å². The number of hydrogen-bond acceptors (Lipinski definition) is 3. The number of thioether (sulfide) groups is 1. The molecule has 1 aromatic heterocycles.